The number of hydrogen-bond donors (Lipinski definition) is 4. The van der Waals surface area contributed by atoms with E-state index in [0.717, 1.165) is 24.5 Å². The van der Waals surface area contributed by atoms with Gasteiger partial charge in [0.25, 0.3) is 5.91 Å². The third kappa shape index (κ3) is 5.40. The molecule has 0 bridgehead atoms. The van der Waals surface area contributed by atoms with E-state index in [-0.39, 0.29) is 35.2 Å². The number of hydrogen-bond acceptors (Lipinski definition) is 6. The molecule has 12 heteroatoms. The summed E-state index contributed by atoms with van der Waals surface area (Å²) in [5.74, 6) is -1.30. The number of carbonyl (C=O) groups excluding carboxylic acids is 1. The van der Waals surface area contributed by atoms with Gasteiger partial charge in [0, 0.05) is 30.0 Å². The first-order valence-electron chi connectivity index (χ1n) is 12.7. The standard InChI is InChI=1S/C28H27BF2N2O6S/c1-15(40(37,38)33-14-16-3-10-23(29(35)36)24(31)11-16)20-13-25-22(12-21(20)17-4-5-17)26(28(34)32-2)27(39-25)18-6-8-19(30)9-7-18/h3,6-13,15,17,33,35-36H,4-5,14H2,1-2H3,(H,32,34). The Labute approximate surface area is 230 Å². The highest BCUT2D eigenvalue weighted by molar-refractivity contribution is 7.89. The summed E-state index contributed by atoms with van der Waals surface area (Å²) in [6.07, 6.45) is 1.75. The van der Waals surface area contributed by atoms with Crippen LogP contribution in [0.15, 0.2) is 59.0 Å². The van der Waals surface area contributed by atoms with E-state index >= 15 is 0 Å². The number of amides is 1. The van der Waals surface area contributed by atoms with Gasteiger partial charge < -0.3 is 19.8 Å². The van der Waals surface area contributed by atoms with Gasteiger partial charge in [-0.15, -0.1) is 0 Å². The maximum atomic E-state index is 14.1. The lowest BCUT2D eigenvalue weighted by atomic mass is 9.79. The van der Waals surface area contributed by atoms with Crippen LogP contribution in [0.4, 0.5) is 8.78 Å². The fourth-order valence-electron chi connectivity index (χ4n) is 4.80. The quantitative estimate of drug-likeness (QED) is 0.229. The smallest absolute Gasteiger partial charge is 0.455 e. The summed E-state index contributed by atoms with van der Waals surface area (Å²) in [7, 11) is -4.44. The summed E-state index contributed by atoms with van der Waals surface area (Å²) < 4.78 is 63.0. The second-order valence-corrected chi connectivity index (χ2v) is 12.0. The molecule has 1 fully saturated rings. The monoisotopic (exact) mass is 568 g/mol. The zero-order valence-electron chi connectivity index (χ0n) is 21.7. The van der Waals surface area contributed by atoms with E-state index in [1.54, 1.807) is 13.0 Å². The van der Waals surface area contributed by atoms with Gasteiger partial charge in [0.1, 0.15) is 23.0 Å². The summed E-state index contributed by atoms with van der Waals surface area (Å²) in [5, 5.41) is 20.5. The predicted octanol–water partition coefficient (Wildman–Crippen LogP) is 3.48. The molecule has 3 aromatic carbocycles. The van der Waals surface area contributed by atoms with Gasteiger partial charge in [-0.2, -0.15) is 0 Å². The molecule has 4 N–H and O–H groups in total. The molecular weight excluding hydrogens is 541 g/mol. The van der Waals surface area contributed by atoms with Crippen LogP contribution in [0.3, 0.4) is 0 Å². The largest absolute Gasteiger partial charge is 0.491 e. The maximum absolute atomic E-state index is 14.1. The highest BCUT2D eigenvalue weighted by Gasteiger charge is 2.34. The second kappa shape index (κ2) is 10.8. The first kappa shape index (κ1) is 28.0. The van der Waals surface area contributed by atoms with Crippen molar-refractivity contribution in [1.29, 1.82) is 0 Å². The van der Waals surface area contributed by atoms with Crippen molar-refractivity contribution >= 4 is 39.5 Å². The Morgan fingerprint density at radius 1 is 1.10 bits per heavy atom. The average molecular weight is 568 g/mol. The van der Waals surface area contributed by atoms with E-state index in [1.165, 1.54) is 43.4 Å². The number of fused-ring (bicyclic) bond motifs is 1. The van der Waals surface area contributed by atoms with Gasteiger partial charge in [0.05, 0.1) is 10.8 Å². The lowest BCUT2D eigenvalue weighted by Crippen LogP contribution is -2.33. The van der Waals surface area contributed by atoms with E-state index in [0.29, 0.717) is 27.7 Å². The molecule has 1 aromatic heterocycles. The molecule has 0 saturated heterocycles. The summed E-state index contributed by atoms with van der Waals surface area (Å²) in [6, 6.07) is 12.6. The van der Waals surface area contributed by atoms with Crippen LogP contribution >= 0.6 is 0 Å². The van der Waals surface area contributed by atoms with E-state index < -0.39 is 34.0 Å². The van der Waals surface area contributed by atoms with Crippen molar-refractivity contribution in [2.45, 2.75) is 37.5 Å². The zero-order chi connectivity index (χ0) is 28.8. The Hall–Kier alpha value is -3.58. The van der Waals surface area contributed by atoms with Crippen LogP contribution in [-0.4, -0.2) is 38.5 Å². The summed E-state index contributed by atoms with van der Waals surface area (Å²) in [6.45, 7) is 1.34. The second-order valence-electron chi connectivity index (χ2n) is 9.88. The molecule has 4 aromatic rings. The van der Waals surface area contributed by atoms with E-state index in [9.17, 15) is 32.0 Å². The molecule has 0 spiro atoms. The first-order valence-corrected chi connectivity index (χ1v) is 14.3. The third-order valence-corrected chi connectivity index (χ3v) is 8.93. The Morgan fingerprint density at radius 2 is 1.80 bits per heavy atom. The predicted molar refractivity (Wildman–Crippen MR) is 147 cm³/mol. The molecule has 1 aliphatic rings. The van der Waals surface area contributed by atoms with Crippen molar-refractivity contribution in [2.24, 2.45) is 0 Å². The maximum Gasteiger partial charge on any atom is 0.491 e. The number of benzene rings is 3. The molecule has 1 saturated carbocycles. The van der Waals surface area contributed by atoms with Crippen LogP contribution in [0.1, 0.15) is 58.0 Å². The summed E-state index contributed by atoms with van der Waals surface area (Å²) >= 11 is 0. The van der Waals surface area contributed by atoms with Gasteiger partial charge in [-0.25, -0.2) is 21.9 Å². The molecule has 8 nitrogen and oxygen atoms in total. The Balaban J connectivity index is 1.52. The minimum atomic E-state index is -3.96. The van der Waals surface area contributed by atoms with Gasteiger partial charge >= 0.3 is 7.12 Å². The van der Waals surface area contributed by atoms with Gasteiger partial charge in [-0.1, -0.05) is 12.1 Å². The van der Waals surface area contributed by atoms with Gasteiger partial charge in [-0.3, -0.25) is 4.79 Å². The van der Waals surface area contributed by atoms with Gasteiger partial charge in [-0.05, 0) is 84.8 Å². The number of halogens is 2. The summed E-state index contributed by atoms with van der Waals surface area (Å²) in [5.41, 5.74) is 2.42. The molecule has 0 aliphatic heterocycles. The van der Waals surface area contributed by atoms with Crippen molar-refractivity contribution in [2.75, 3.05) is 7.05 Å². The number of carbonyl (C=O) groups is 1. The third-order valence-electron chi connectivity index (χ3n) is 7.20. The molecule has 40 heavy (non-hydrogen) atoms. The van der Waals surface area contributed by atoms with Crippen molar-refractivity contribution < 1.29 is 36.5 Å². The highest BCUT2D eigenvalue weighted by atomic mass is 32.2. The molecule has 1 amide bonds. The molecule has 208 valence electrons. The molecule has 1 aliphatic carbocycles. The SMILES string of the molecule is CNC(=O)c1c(-c2ccc(F)cc2)oc2cc(C(C)S(=O)(=O)NCc3ccc(B(O)O)c(F)c3)c(C3CC3)cc12. The van der Waals surface area contributed by atoms with Crippen LogP contribution < -0.4 is 15.5 Å². The van der Waals surface area contributed by atoms with Crippen LogP contribution in [0.2, 0.25) is 0 Å². The first-order chi connectivity index (χ1) is 19.0. The van der Waals surface area contributed by atoms with Crippen molar-refractivity contribution in [3.8, 4) is 11.3 Å². The van der Waals surface area contributed by atoms with Crippen molar-refractivity contribution in [3.05, 3.63) is 88.5 Å². The Kier molecular flexibility index (Phi) is 7.53. The number of sulfonamides is 1. The molecular formula is C28H27BF2N2O6S. The van der Waals surface area contributed by atoms with Crippen molar-refractivity contribution in [1.82, 2.24) is 10.0 Å². The number of furan rings is 1. The van der Waals surface area contributed by atoms with E-state index in [4.69, 9.17) is 4.42 Å². The topological polar surface area (TPSA) is 129 Å². The minimum absolute atomic E-state index is 0.130. The Bertz CT molecular complexity index is 1700. The van der Waals surface area contributed by atoms with E-state index in [1.807, 2.05) is 6.07 Å². The minimum Gasteiger partial charge on any atom is -0.455 e. The molecule has 1 atom stereocenters. The lowest BCUT2D eigenvalue weighted by molar-refractivity contribution is 0.0964. The van der Waals surface area contributed by atoms with Crippen LogP contribution in [-0.2, 0) is 16.6 Å². The average Bonchev–Trinajstić information content (AvgIpc) is 3.71. The summed E-state index contributed by atoms with van der Waals surface area (Å²) in [4.78, 5) is 12.9. The normalized spacial score (nSPS) is 14.3. The van der Waals surface area contributed by atoms with Crippen LogP contribution in [0.5, 0.6) is 0 Å². The highest BCUT2D eigenvalue weighted by Crippen LogP contribution is 2.47. The fourth-order valence-corrected chi connectivity index (χ4v) is 5.95. The molecule has 5 rings (SSSR count). The van der Waals surface area contributed by atoms with E-state index in [2.05, 4.69) is 10.0 Å². The fraction of sp³-hybridized carbons (Fsp3) is 0.250. The van der Waals surface area contributed by atoms with Crippen LogP contribution in [0, 0.1) is 11.6 Å². The van der Waals surface area contributed by atoms with Crippen molar-refractivity contribution in [3.63, 3.8) is 0 Å². The Morgan fingerprint density at radius 3 is 2.40 bits per heavy atom. The zero-order valence-corrected chi connectivity index (χ0v) is 22.6. The number of nitrogens with one attached hydrogen (secondary N) is 2. The van der Waals surface area contributed by atoms with Gasteiger partial charge in [0.15, 0.2) is 0 Å². The lowest BCUT2D eigenvalue weighted by Gasteiger charge is -2.18. The van der Waals surface area contributed by atoms with Gasteiger partial charge in [0.2, 0.25) is 10.0 Å². The molecule has 0 radical (unpaired) electrons. The number of rotatable bonds is 9. The van der Waals surface area contributed by atoms with Crippen LogP contribution in [0.25, 0.3) is 22.3 Å². The molecule has 1 unspecified atom stereocenters. The molecule has 1 heterocycles.